The van der Waals surface area contributed by atoms with Crippen molar-refractivity contribution in [2.24, 2.45) is 0 Å². The van der Waals surface area contributed by atoms with Crippen LogP contribution in [0, 0.1) is 6.92 Å². The molecule has 1 heterocycles. The van der Waals surface area contributed by atoms with Gasteiger partial charge in [-0.1, -0.05) is 67.4 Å². The van der Waals surface area contributed by atoms with Crippen LogP contribution in [-0.4, -0.2) is 61.8 Å². The van der Waals surface area contributed by atoms with Gasteiger partial charge in [-0.25, -0.2) is 0 Å². The van der Waals surface area contributed by atoms with Gasteiger partial charge in [0.25, 0.3) is 5.91 Å². The Kier molecular flexibility index (Phi) is 9.91. The molecule has 2 fully saturated rings. The predicted octanol–water partition coefficient (Wildman–Crippen LogP) is 3.67. The van der Waals surface area contributed by atoms with E-state index in [2.05, 4.69) is 16.0 Å². The number of carbonyl (C=O) groups is 2. The van der Waals surface area contributed by atoms with Crippen molar-refractivity contribution in [1.29, 1.82) is 0 Å². The standard InChI is InChI=1S/C30H40N4O3S2/c1-20-11-7-8-14-22(20)18-31-27(36)26-30(2,3)39-19-34(26)28(37)25(35)24(17-21-12-5-4-6-13-21)33-29(38)32-23-15-9-10-16-23/h4-8,11-14,23-26,35H,9-10,15-19H2,1-3H3,(H,31,36)(H2,32,33,38). The van der Waals surface area contributed by atoms with Gasteiger partial charge in [0.05, 0.1) is 11.9 Å². The molecule has 2 aromatic carbocycles. The number of aliphatic hydroxyl groups is 1. The summed E-state index contributed by atoms with van der Waals surface area (Å²) in [6, 6.07) is 16.6. The van der Waals surface area contributed by atoms with Crippen LogP contribution in [0.4, 0.5) is 0 Å². The minimum Gasteiger partial charge on any atom is -0.381 e. The highest BCUT2D eigenvalue weighted by molar-refractivity contribution is 8.00. The third-order valence-corrected chi connectivity index (χ3v) is 9.34. The minimum absolute atomic E-state index is 0.222. The monoisotopic (exact) mass is 568 g/mol. The lowest BCUT2D eigenvalue weighted by Crippen LogP contribution is -2.59. The Labute approximate surface area is 241 Å². The van der Waals surface area contributed by atoms with Crippen molar-refractivity contribution in [2.75, 3.05) is 5.88 Å². The number of hydrogen-bond acceptors (Lipinski definition) is 5. The average Bonchev–Trinajstić information content (AvgIpc) is 3.54. The van der Waals surface area contributed by atoms with Crippen LogP contribution in [0.5, 0.6) is 0 Å². The molecule has 1 saturated carbocycles. The molecule has 9 heteroatoms. The van der Waals surface area contributed by atoms with Gasteiger partial charge in [0.15, 0.2) is 11.2 Å². The molecule has 1 aliphatic heterocycles. The van der Waals surface area contributed by atoms with Gasteiger partial charge >= 0.3 is 0 Å². The summed E-state index contributed by atoms with van der Waals surface area (Å²) in [5, 5.41) is 21.5. The highest BCUT2D eigenvalue weighted by Crippen LogP contribution is 2.40. The van der Waals surface area contributed by atoms with Crippen LogP contribution >= 0.6 is 24.0 Å². The van der Waals surface area contributed by atoms with E-state index < -0.39 is 28.8 Å². The Morgan fingerprint density at radius 3 is 2.46 bits per heavy atom. The first-order valence-corrected chi connectivity index (χ1v) is 15.1. The van der Waals surface area contributed by atoms with Crippen molar-refractivity contribution < 1.29 is 14.7 Å². The maximum Gasteiger partial charge on any atom is 0.254 e. The smallest absolute Gasteiger partial charge is 0.254 e. The highest BCUT2D eigenvalue weighted by Gasteiger charge is 2.49. The third-order valence-electron chi connectivity index (χ3n) is 7.73. The topological polar surface area (TPSA) is 93.7 Å². The van der Waals surface area contributed by atoms with Crippen molar-refractivity contribution in [1.82, 2.24) is 20.9 Å². The SMILES string of the molecule is Cc1ccccc1CNC(=O)C1N(C(=O)C(O)C(Cc2ccccc2)NC(=S)NC2CCCC2)CSC1(C)C. The Morgan fingerprint density at radius 1 is 1.10 bits per heavy atom. The molecular weight excluding hydrogens is 528 g/mol. The Balaban J connectivity index is 1.48. The van der Waals surface area contributed by atoms with E-state index >= 15 is 0 Å². The fourth-order valence-corrected chi connectivity index (χ4v) is 6.88. The summed E-state index contributed by atoms with van der Waals surface area (Å²) in [4.78, 5) is 28.8. The molecule has 3 atom stereocenters. The van der Waals surface area contributed by atoms with Gasteiger partial charge in [-0.2, -0.15) is 0 Å². The van der Waals surface area contributed by atoms with Crippen molar-refractivity contribution >= 4 is 40.9 Å². The second-order valence-corrected chi connectivity index (χ2v) is 13.1. The summed E-state index contributed by atoms with van der Waals surface area (Å²) in [5.74, 6) is -0.366. The number of carbonyl (C=O) groups excluding carboxylic acids is 2. The summed E-state index contributed by atoms with van der Waals surface area (Å²) in [6.07, 6.45) is 3.50. The number of hydrogen-bond donors (Lipinski definition) is 4. The lowest BCUT2D eigenvalue weighted by atomic mass is 9.97. The molecule has 2 aromatic rings. The van der Waals surface area contributed by atoms with Gasteiger partial charge in [0.2, 0.25) is 5.91 Å². The van der Waals surface area contributed by atoms with Crippen molar-refractivity contribution in [3.63, 3.8) is 0 Å². The molecule has 0 aromatic heterocycles. The number of thioether (sulfide) groups is 1. The van der Waals surface area contributed by atoms with E-state index in [1.165, 1.54) is 17.7 Å². The van der Waals surface area contributed by atoms with E-state index in [4.69, 9.17) is 12.2 Å². The quantitative estimate of drug-likeness (QED) is 0.343. The van der Waals surface area contributed by atoms with Crippen LogP contribution in [0.25, 0.3) is 0 Å². The lowest BCUT2D eigenvalue weighted by molar-refractivity contribution is -0.147. The molecule has 0 bridgehead atoms. The molecule has 3 unspecified atom stereocenters. The Bertz CT molecular complexity index is 1150. The van der Waals surface area contributed by atoms with E-state index in [1.807, 2.05) is 75.4 Å². The van der Waals surface area contributed by atoms with Crippen molar-refractivity contribution in [2.45, 2.75) is 88.4 Å². The predicted molar refractivity (Wildman–Crippen MR) is 161 cm³/mol. The van der Waals surface area contributed by atoms with Crippen LogP contribution < -0.4 is 16.0 Å². The number of aliphatic hydroxyl groups excluding tert-OH is 1. The van der Waals surface area contributed by atoms with Crippen LogP contribution in [0.15, 0.2) is 54.6 Å². The summed E-state index contributed by atoms with van der Waals surface area (Å²) in [5.41, 5.74) is 3.11. The van der Waals surface area contributed by atoms with Crippen LogP contribution in [0.2, 0.25) is 0 Å². The molecule has 7 nitrogen and oxygen atoms in total. The Hall–Kier alpha value is -2.62. The van der Waals surface area contributed by atoms with Crippen LogP contribution in [0.1, 0.15) is 56.2 Å². The van der Waals surface area contributed by atoms with E-state index in [1.54, 1.807) is 11.8 Å². The first-order chi connectivity index (χ1) is 18.7. The second-order valence-electron chi connectivity index (χ2n) is 11.1. The molecule has 210 valence electrons. The molecule has 1 saturated heterocycles. The van der Waals surface area contributed by atoms with E-state index in [0.29, 0.717) is 30.0 Å². The molecule has 1 aliphatic carbocycles. The largest absolute Gasteiger partial charge is 0.381 e. The summed E-state index contributed by atoms with van der Waals surface area (Å²) in [7, 11) is 0. The van der Waals surface area contributed by atoms with Gasteiger partial charge in [0, 0.05) is 17.3 Å². The van der Waals surface area contributed by atoms with Gasteiger partial charge in [-0.05, 0) is 68.9 Å². The molecule has 4 N–H and O–H groups in total. The maximum absolute atomic E-state index is 13.8. The first kappa shape index (κ1) is 29.4. The molecule has 2 amide bonds. The number of thiocarbonyl (C=S) groups is 1. The fraction of sp³-hybridized carbons (Fsp3) is 0.500. The number of nitrogens with zero attached hydrogens (tertiary/aromatic N) is 1. The van der Waals surface area contributed by atoms with Crippen molar-refractivity contribution in [3.8, 4) is 0 Å². The average molecular weight is 569 g/mol. The van der Waals surface area contributed by atoms with Gasteiger partial charge < -0.3 is 26.0 Å². The highest BCUT2D eigenvalue weighted by atomic mass is 32.2. The summed E-state index contributed by atoms with van der Waals surface area (Å²) in [6.45, 7) is 6.33. The number of amides is 2. The van der Waals surface area contributed by atoms with Gasteiger partial charge in [-0.3, -0.25) is 9.59 Å². The van der Waals surface area contributed by atoms with Crippen LogP contribution in [-0.2, 0) is 22.6 Å². The maximum atomic E-state index is 13.8. The zero-order chi connectivity index (χ0) is 28.0. The molecular formula is C30H40N4O3S2. The number of aryl methyl sites for hydroxylation is 1. The minimum atomic E-state index is -1.38. The summed E-state index contributed by atoms with van der Waals surface area (Å²) < 4.78 is -0.507. The van der Waals surface area contributed by atoms with Crippen LogP contribution in [0.3, 0.4) is 0 Å². The number of rotatable bonds is 9. The fourth-order valence-electron chi connectivity index (χ4n) is 5.42. The van der Waals surface area contributed by atoms with Gasteiger partial charge in [-0.15, -0.1) is 11.8 Å². The first-order valence-electron chi connectivity index (χ1n) is 13.7. The zero-order valence-corrected chi connectivity index (χ0v) is 24.6. The number of benzene rings is 2. The van der Waals surface area contributed by atoms with E-state index in [0.717, 1.165) is 29.5 Å². The normalized spacial score (nSPS) is 20.3. The molecule has 4 rings (SSSR count). The second kappa shape index (κ2) is 13.2. The Morgan fingerprint density at radius 2 is 1.77 bits per heavy atom. The summed E-state index contributed by atoms with van der Waals surface area (Å²) >= 11 is 7.13. The van der Waals surface area contributed by atoms with Gasteiger partial charge in [0.1, 0.15) is 6.04 Å². The molecule has 0 radical (unpaired) electrons. The van der Waals surface area contributed by atoms with E-state index in [-0.39, 0.29) is 5.91 Å². The zero-order valence-electron chi connectivity index (χ0n) is 23.0. The third kappa shape index (κ3) is 7.52. The molecule has 2 aliphatic rings. The lowest BCUT2D eigenvalue weighted by Gasteiger charge is -2.34. The number of nitrogens with one attached hydrogen (secondary N) is 3. The van der Waals surface area contributed by atoms with E-state index in [9.17, 15) is 14.7 Å². The molecule has 0 spiro atoms. The van der Waals surface area contributed by atoms with Crippen molar-refractivity contribution in [3.05, 3.63) is 71.3 Å². The molecule has 39 heavy (non-hydrogen) atoms.